The largest absolute Gasteiger partial charge is 0.490 e. The summed E-state index contributed by atoms with van der Waals surface area (Å²) in [5, 5.41) is 0.445. The number of amides is 1. The second-order valence-electron chi connectivity index (χ2n) is 8.35. The molecule has 0 fully saturated rings. The molecule has 0 bridgehead atoms. The lowest BCUT2D eigenvalue weighted by Crippen LogP contribution is -2.29. The average Bonchev–Trinajstić information content (AvgIpc) is 3.15. The van der Waals surface area contributed by atoms with Gasteiger partial charge in [0.05, 0.1) is 30.2 Å². The first-order valence-corrected chi connectivity index (χ1v) is 11.8. The van der Waals surface area contributed by atoms with E-state index in [1.165, 1.54) is 0 Å². The number of ether oxygens (including phenoxy) is 2. The van der Waals surface area contributed by atoms with Crippen LogP contribution in [0.5, 0.6) is 11.5 Å². The molecular weight excluding hydrogens is 444 g/mol. The van der Waals surface area contributed by atoms with Gasteiger partial charge in [-0.3, -0.25) is 14.6 Å². The second kappa shape index (κ2) is 9.62. The quantitative estimate of drug-likeness (QED) is 0.355. The van der Waals surface area contributed by atoms with Gasteiger partial charge in [-0.25, -0.2) is 0 Å². The number of benzene rings is 2. The van der Waals surface area contributed by atoms with Crippen molar-refractivity contribution in [1.82, 2.24) is 9.88 Å². The lowest BCUT2D eigenvalue weighted by Gasteiger charge is -2.26. The van der Waals surface area contributed by atoms with E-state index in [2.05, 4.69) is 4.98 Å². The van der Waals surface area contributed by atoms with Crippen LogP contribution >= 0.6 is 0 Å². The SMILES string of the molecule is CCCOc1ccc([C@@H]2c3c(oc4ccccc4c3=O)C(=O)N2Cc2cccnc2)cc1OCC. The molecule has 7 heteroatoms. The first-order valence-electron chi connectivity index (χ1n) is 11.8. The van der Waals surface area contributed by atoms with Crippen molar-refractivity contribution in [3.63, 3.8) is 0 Å². The highest BCUT2D eigenvalue weighted by Gasteiger charge is 2.43. The Kier molecular flexibility index (Phi) is 6.23. The molecule has 1 aliphatic rings. The molecule has 0 spiro atoms. The van der Waals surface area contributed by atoms with Gasteiger partial charge in [0, 0.05) is 18.9 Å². The molecule has 0 unspecified atom stereocenters. The minimum atomic E-state index is -0.641. The molecule has 5 rings (SSSR count). The molecule has 0 saturated heterocycles. The molecule has 0 N–H and O–H groups in total. The number of aromatic nitrogens is 1. The first-order chi connectivity index (χ1) is 17.1. The Hall–Kier alpha value is -4.13. The van der Waals surface area contributed by atoms with Crippen LogP contribution in [-0.4, -0.2) is 29.0 Å². The number of hydrogen-bond acceptors (Lipinski definition) is 6. The lowest BCUT2D eigenvalue weighted by atomic mass is 9.98. The predicted octanol–water partition coefficient (Wildman–Crippen LogP) is 5.12. The molecule has 1 amide bonds. The molecule has 0 saturated carbocycles. The summed E-state index contributed by atoms with van der Waals surface area (Å²) in [6.07, 6.45) is 4.26. The monoisotopic (exact) mass is 470 g/mol. The zero-order valence-electron chi connectivity index (χ0n) is 19.7. The van der Waals surface area contributed by atoms with Gasteiger partial charge in [-0.2, -0.15) is 0 Å². The number of rotatable bonds is 8. The Morgan fingerprint density at radius 2 is 1.86 bits per heavy atom. The summed E-state index contributed by atoms with van der Waals surface area (Å²) in [5.41, 5.74) is 2.12. The van der Waals surface area contributed by atoms with Crippen molar-refractivity contribution >= 4 is 16.9 Å². The maximum Gasteiger partial charge on any atom is 0.291 e. The summed E-state index contributed by atoms with van der Waals surface area (Å²) in [7, 11) is 0. The maximum absolute atomic E-state index is 13.7. The second-order valence-corrected chi connectivity index (χ2v) is 8.35. The molecule has 4 aromatic rings. The van der Waals surface area contributed by atoms with Crippen LogP contribution in [0, 0.1) is 0 Å². The van der Waals surface area contributed by atoms with E-state index >= 15 is 0 Å². The summed E-state index contributed by atoms with van der Waals surface area (Å²) in [6, 6.07) is 15.7. The van der Waals surface area contributed by atoms with Crippen LogP contribution in [0.1, 0.15) is 53.6 Å². The Labute approximate surface area is 202 Å². The normalized spacial score (nSPS) is 14.9. The fourth-order valence-electron chi connectivity index (χ4n) is 4.46. The number of carbonyl (C=O) groups excluding carboxylic acids is 1. The average molecular weight is 471 g/mol. The zero-order valence-corrected chi connectivity index (χ0v) is 19.7. The summed E-state index contributed by atoms with van der Waals surface area (Å²) in [5.74, 6) is 0.949. The highest BCUT2D eigenvalue weighted by molar-refractivity contribution is 5.99. The van der Waals surface area contributed by atoms with Crippen LogP contribution < -0.4 is 14.9 Å². The van der Waals surface area contributed by atoms with E-state index in [0.717, 1.165) is 17.5 Å². The fourth-order valence-corrected chi connectivity index (χ4v) is 4.46. The van der Waals surface area contributed by atoms with E-state index in [1.54, 1.807) is 41.6 Å². The summed E-state index contributed by atoms with van der Waals surface area (Å²) < 4.78 is 17.7. The molecule has 0 aliphatic carbocycles. The summed E-state index contributed by atoms with van der Waals surface area (Å²) >= 11 is 0. The number of pyridine rings is 1. The number of para-hydroxylation sites is 1. The Morgan fingerprint density at radius 3 is 2.63 bits per heavy atom. The zero-order chi connectivity index (χ0) is 24.4. The van der Waals surface area contributed by atoms with Crippen LogP contribution in [0.3, 0.4) is 0 Å². The predicted molar refractivity (Wildman–Crippen MR) is 132 cm³/mol. The maximum atomic E-state index is 13.7. The van der Waals surface area contributed by atoms with Gasteiger partial charge in [0.2, 0.25) is 5.76 Å². The topological polar surface area (TPSA) is 81.9 Å². The van der Waals surface area contributed by atoms with Gasteiger partial charge in [-0.15, -0.1) is 0 Å². The number of nitrogens with zero attached hydrogens (tertiary/aromatic N) is 2. The van der Waals surface area contributed by atoms with Crippen molar-refractivity contribution in [3.05, 3.63) is 99.7 Å². The van der Waals surface area contributed by atoms with E-state index in [1.807, 2.05) is 44.2 Å². The minimum Gasteiger partial charge on any atom is -0.490 e. The van der Waals surface area contributed by atoms with Crippen molar-refractivity contribution in [1.29, 1.82) is 0 Å². The Morgan fingerprint density at radius 1 is 1.00 bits per heavy atom. The van der Waals surface area contributed by atoms with Crippen molar-refractivity contribution in [2.45, 2.75) is 32.9 Å². The third-order valence-corrected chi connectivity index (χ3v) is 5.99. The smallest absolute Gasteiger partial charge is 0.291 e. The van der Waals surface area contributed by atoms with Crippen molar-refractivity contribution < 1.29 is 18.7 Å². The van der Waals surface area contributed by atoms with Crippen LogP contribution in [0.25, 0.3) is 11.0 Å². The molecule has 178 valence electrons. The molecule has 2 aromatic carbocycles. The third kappa shape index (κ3) is 4.14. The molecule has 1 aliphatic heterocycles. The highest BCUT2D eigenvalue weighted by Crippen LogP contribution is 2.41. The van der Waals surface area contributed by atoms with Crippen LogP contribution in [0.4, 0.5) is 0 Å². The highest BCUT2D eigenvalue weighted by atomic mass is 16.5. The van der Waals surface area contributed by atoms with Gasteiger partial charge in [0.1, 0.15) is 5.58 Å². The first kappa shape index (κ1) is 22.7. The van der Waals surface area contributed by atoms with Gasteiger partial charge >= 0.3 is 0 Å². The van der Waals surface area contributed by atoms with E-state index in [0.29, 0.717) is 41.2 Å². The van der Waals surface area contributed by atoms with Gasteiger partial charge in [-0.05, 0) is 54.8 Å². The Bertz CT molecular complexity index is 1430. The van der Waals surface area contributed by atoms with Gasteiger partial charge < -0.3 is 18.8 Å². The van der Waals surface area contributed by atoms with Crippen molar-refractivity contribution in [2.24, 2.45) is 0 Å². The minimum absolute atomic E-state index is 0.0758. The molecule has 7 nitrogen and oxygen atoms in total. The van der Waals surface area contributed by atoms with E-state index < -0.39 is 6.04 Å². The van der Waals surface area contributed by atoms with Crippen molar-refractivity contribution in [2.75, 3.05) is 13.2 Å². The van der Waals surface area contributed by atoms with Crippen LogP contribution in [0.15, 0.2) is 76.2 Å². The third-order valence-electron chi connectivity index (χ3n) is 5.99. The molecule has 2 aromatic heterocycles. The van der Waals surface area contributed by atoms with E-state index in [4.69, 9.17) is 13.9 Å². The van der Waals surface area contributed by atoms with Crippen LogP contribution in [-0.2, 0) is 6.54 Å². The molecule has 35 heavy (non-hydrogen) atoms. The lowest BCUT2D eigenvalue weighted by molar-refractivity contribution is 0.0714. The fraction of sp³-hybridized carbons (Fsp3) is 0.250. The standard InChI is InChI=1S/C28H26N2O5/c1-3-14-34-22-12-11-19(15-23(22)33-4-2)25-24-26(31)20-9-5-6-10-21(20)35-27(24)28(32)30(25)17-18-8-7-13-29-16-18/h5-13,15-16,25H,3-4,14,17H2,1-2H3/t25-/m1/s1. The number of fused-ring (bicyclic) bond motifs is 2. The Balaban J connectivity index is 1.68. The van der Waals surface area contributed by atoms with Gasteiger partial charge in [-0.1, -0.05) is 31.2 Å². The molecule has 3 heterocycles. The van der Waals surface area contributed by atoms with Gasteiger partial charge in [0.25, 0.3) is 5.91 Å². The van der Waals surface area contributed by atoms with Crippen molar-refractivity contribution in [3.8, 4) is 11.5 Å². The molecule has 0 radical (unpaired) electrons. The number of carbonyl (C=O) groups is 1. The molecule has 1 atom stereocenters. The van der Waals surface area contributed by atoms with E-state index in [9.17, 15) is 9.59 Å². The molecular formula is C28H26N2O5. The van der Waals surface area contributed by atoms with Crippen LogP contribution in [0.2, 0.25) is 0 Å². The van der Waals surface area contributed by atoms with E-state index in [-0.39, 0.29) is 23.6 Å². The summed E-state index contributed by atoms with van der Waals surface area (Å²) in [4.78, 5) is 33.1. The van der Waals surface area contributed by atoms with Gasteiger partial charge in [0.15, 0.2) is 16.9 Å². The number of hydrogen-bond donors (Lipinski definition) is 0. The summed E-state index contributed by atoms with van der Waals surface area (Å²) in [6.45, 7) is 5.23.